The Morgan fingerprint density at radius 2 is 1.63 bits per heavy atom. The quantitative estimate of drug-likeness (QED) is 0.777. The van der Waals surface area contributed by atoms with Gasteiger partial charge in [0.2, 0.25) is 0 Å². The molecule has 0 N–H and O–H groups in total. The van der Waals surface area contributed by atoms with Crippen molar-refractivity contribution in [3.05, 3.63) is 65.7 Å². The van der Waals surface area contributed by atoms with Crippen molar-refractivity contribution in [3.63, 3.8) is 0 Å². The van der Waals surface area contributed by atoms with Crippen LogP contribution in [0.2, 0.25) is 0 Å². The molecule has 2 heteroatoms. The van der Waals surface area contributed by atoms with E-state index in [-0.39, 0.29) is 6.10 Å². The van der Waals surface area contributed by atoms with E-state index < -0.39 is 0 Å². The second-order valence-electron chi connectivity index (χ2n) is 4.52. The Kier molecular flexibility index (Phi) is 4.99. The highest BCUT2D eigenvalue weighted by Crippen LogP contribution is 2.20. The first-order valence-electron chi connectivity index (χ1n) is 6.59. The minimum absolute atomic E-state index is 0.106. The standard InChI is InChI=1S/C17H20O2/c1-14(16-8-10-17(18-2)11-9-16)19-13-12-15-6-4-3-5-7-15/h3-11,14H,12-13H2,1-2H3. The van der Waals surface area contributed by atoms with E-state index in [1.54, 1.807) is 7.11 Å². The lowest BCUT2D eigenvalue weighted by Gasteiger charge is -2.14. The van der Waals surface area contributed by atoms with Gasteiger partial charge in [-0.3, -0.25) is 0 Å². The summed E-state index contributed by atoms with van der Waals surface area (Å²) in [6, 6.07) is 18.4. The summed E-state index contributed by atoms with van der Waals surface area (Å²) < 4.78 is 11.0. The van der Waals surface area contributed by atoms with E-state index in [1.165, 1.54) is 11.1 Å². The summed E-state index contributed by atoms with van der Waals surface area (Å²) in [5, 5.41) is 0. The SMILES string of the molecule is COc1ccc(C(C)OCCc2ccccc2)cc1. The van der Waals surface area contributed by atoms with Gasteiger partial charge in [-0.25, -0.2) is 0 Å². The van der Waals surface area contributed by atoms with Crippen molar-refractivity contribution >= 4 is 0 Å². The number of hydrogen-bond donors (Lipinski definition) is 0. The number of benzene rings is 2. The number of rotatable bonds is 6. The molecule has 0 aliphatic rings. The van der Waals surface area contributed by atoms with Gasteiger partial charge in [0, 0.05) is 0 Å². The van der Waals surface area contributed by atoms with Gasteiger partial charge < -0.3 is 9.47 Å². The summed E-state index contributed by atoms with van der Waals surface area (Å²) in [5.41, 5.74) is 2.48. The first kappa shape index (κ1) is 13.6. The normalized spacial score (nSPS) is 12.1. The molecule has 0 saturated heterocycles. The Hall–Kier alpha value is -1.80. The molecular weight excluding hydrogens is 236 g/mol. The van der Waals surface area contributed by atoms with Gasteiger partial charge in [0.15, 0.2) is 0 Å². The molecular formula is C17H20O2. The van der Waals surface area contributed by atoms with Gasteiger partial charge in [-0.2, -0.15) is 0 Å². The predicted octanol–water partition coefficient (Wildman–Crippen LogP) is 4.02. The largest absolute Gasteiger partial charge is 0.497 e. The Morgan fingerprint density at radius 1 is 0.947 bits per heavy atom. The third kappa shape index (κ3) is 4.11. The van der Waals surface area contributed by atoms with Crippen LogP contribution in [0.15, 0.2) is 54.6 Å². The number of ether oxygens (including phenoxy) is 2. The number of methoxy groups -OCH3 is 1. The molecule has 100 valence electrons. The van der Waals surface area contributed by atoms with Crippen molar-refractivity contribution in [2.75, 3.05) is 13.7 Å². The van der Waals surface area contributed by atoms with E-state index in [4.69, 9.17) is 9.47 Å². The van der Waals surface area contributed by atoms with Crippen molar-refractivity contribution in [1.82, 2.24) is 0 Å². The highest BCUT2D eigenvalue weighted by Gasteiger charge is 2.05. The highest BCUT2D eigenvalue weighted by molar-refractivity contribution is 5.28. The average molecular weight is 256 g/mol. The second-order valence-corrected chi connectivity index (χ2v) is 4.52. The van der Waals surface area contributed by atoms with Crippen molar-refractivity contribution in [1.29, 1.82) is 0 Å². The molecule has 0 aliphatic carbocycles. The minimum atomic E-state index is 0.106. The van der Waals surface area contributed by atoms with Gasteiger partial charge in [0.05, 0.1) is 19.8 Å². The molecule has 0 heterocycles. The molecule has 1 atom stereocenters. The van der Waals surface area contributed by atoms with Crippen LogP contribution in [0, 0.1) is 0 Å². The lowest BCUT2D eigenvalue weighted by atomic mass is 10.1. The Morgan fingerprint density at radius 3 is 2.26 bits per heavy atom. The van der Waals surface area contributed by atoms with E-state index in [0.717, 1.165) is 18.8 Å². The fourth-order valence-electron chi connectivity index (χ4n) is 1.97. The molecule has 0 spiro atoms. The Bertz CT molecular complexity index is 476. The summed E-state index contributed by atoms with van der Waals surface area (Å²) in [7, 11) is 1.68. The minimum Gasteiger partial charge on any atom is -0.497 e. The average Bonchev–Trinajstić information content (AvgIpc) is 2.48. The van der Waals surface area contributed by atoms with Gasteiger partial charge >= 0.3 is 0 Å². The molecule has 0 amide bonds. The zero-order chi connectivity index (χ0) is 13.5. The third-order valence-electron chi connectivity index (χ3n) is 3.19. The number of hydrogen-bond acceptors (Lipinski definition) is 2. The molecule has 0 saturated carbocycles. The molecule has 0 bridgehead atoms. The highest BCUT2D eigenvalue weighted by atomic mass is 16.5. The van der Waals surface area contributed by atoms with Crippen LogP contribution in [0.25, 0.3) is 0 Å². The van der Waals surface area contributed by atoms with Crippen molar-refractivity contribution in [3.8, 4) is 5.75 Å². The molecule has 2 aromatic rings. The van der Waals surface area contributed by atoms with Crippen LogP contribution in [-0.4, -0.2) is 13.7 Å². The molecule has 0 fully saturated rings. The summed E-state index contributed by atoms with van der Waals surface area (Å²) in [5.74, 6) is 0.875. The maximum absolute atomic E-state index is 5.86. The van der Waals surface area contributed by atoms with Crippen molar-refractivity contribution in [2.24, 2.45) is 0 Å². The molecule has 1 unspecified atom stereocenters. The van der Waals surface area contributed by atoms with E-state index in [9.17, 15) is 0 Å². The first-order chi connectivity index (χ1) is 9.29. The molecule has 0 aromatic heterocycles. The monoisotopic (exact) mass is 256 g/mol. The van der Waals surface area contributed by atoms with Crippen molar-refractivity contribution in [2.45, 2.75) is 19.4 Å². The van der Waals surface area contributed by atoms with Crippen LogP contribution >= 0.6 is 0 Å². The van der Waals surface area contributed by atoms with Crippen LogP contribution in [0.4, 0.5) is 0 Å². The molecule has 0 radical (unpaired) electrons. The zero-order valence-corrected chi connectivity index (χ0v) is 11.5. The molecule has 19 heavy (non-hydrogen) atoms. The predicted molar refractivity (Wildman–Crippen MR) is 77.5 cm³/mol. The maximum atomic E-state index is 5.86. The summed E-state index contributed by atoms with van der Waals surface area (Å²) in [6.45, 7) is 2.81. The van der Waals surface area contributed by atoms with Crippen LogP contribution < -0.4 is 4.74 Å². The van der Waals surface area contributed by atoms with E-state index in [0.29, 0.717) is 0 Å². The topological polar surface area (TPSA) is 18.5 Å². The van der Waals surface area contributed by atoms with Crippen LogP contribution in [0.3, 0.4) is 0 Å². The fraction of sp³-hybridized carbons (Fsp3) is 0.294. The van der Waals surface area contributed by atoms with Crippen LogP contribution in [0.1, 0.15) is 24.2 Å². The van der Waals surface area contributed by atoms with E-state index in [1.807, 2.05) is 30.3 Å². The Labute approximate surface area is 115 Å². The van der Waals surface area contributed by atoms with Crippen LogP contribution in [-0.2, 0) is 11.2 Å². The van der Waals surface area contributed by atoms with E-state index in [2.05, 4.69) is 31.2 Å². The first-order valence-corrected chi connectivity index (χ1v) is 6.59. The maximum Gasteiger partial charge on any atom is 0.118 e. The fourth-order valence-corrected chi connectivity index (χ4v) is 1.97. The van der Waals surface area contributed by atoms with Gasteiger partial charge in [0.25, 0.3) is 0 Å². The lowest BCUT2D eigenvalue weighted by Crippen LogP contribution is -2.04. The summed E-state index contributed by atoms with van der Waals surface area (Å²) >= 11 is 0. The molecule has 2 nitrogen and oxygen atoms in total. The summed E-state index contributed by atoms with van der Waals surface area (Å²) in [4.78, 5) is 0. The van der Waals surface area contributed by atoms with Gasteiger partial charge in [-0.15, -0.1) is 0 Å². The second kappa shape index (κ2) is 6.95. The summed E-state index contributed by atoms with van der Waals surface area (Å²) in [6.07, 6.45) is 1.05. The smallest absolute Gasteiger partial charge is 0.118 e. The van der Waals surface area contributed by atoms with E-state index >= 15 is 0 Å². The zero-order valence-electron chi connectivity index (χ0n) is 11.5. The van der Waals surface area contributed by atoms with Gasteiger partial charge in [-0.1, -0.05) is 42.5 Å². The molecule has 0 aliphatic heterocycles. The van der Waals surface area contributed by atoms with Gasteiger partial charge in [-0.05, 0) is 36.6 Å². The third-order valence-corrected chi connectivity index (χ3v) is 3.19. The van der Waals surface area contributed by atoms with Crippen molar-refractivity contribution < 1.29 is 9.47 Å². The lowest BCUT2D eigenvalue weighted by molar-refractivity contribution is 0.0681. The van der Waals surface area contributed by atoms with Gasteiger partial charge in [0.1, 0.15) is 5.75 Å². The molecule has 2 rings (SSSR count). The Balaban J connectivity index is 1.82. The van der Waals surface area contributed by atoms with Crippen LogP contribution in [0.5, 0.6) is 5.75 Å². The molecule has 2 aromatic carbocycles.